The van der Waals surface area contributed by atoms with Crippen LogP contribution < -0.4 is 0 Å². The fraction of sp³-hybridized carbons (Fsp3) is 0.143. The normalized spacial score (nSPS) is 10.9. The van der Waals surface area contributed by atoms with Crippen molar-refractivity contribution in [3.05, 3.63) is 218 Å². The molecule has 0 N–H and O–H groups in total. The molecule has 4 heterocycles. The molecule has 0 saturated heterocycles. The molecule has 0 aliphatic rings. The number of aromatic nitrogens is 6. The summed E-state index contributed by atoms with van der Waals surface area (Å²) >= 11 is 0. The van der Waals surface area contributed by atoms with Crippen molar-refractivity contribution in [3.63, 3.8) is 0 Å². The average Bonchev–Trinajstić information content (AvgIpc) is 3.33. The van der Waals surface area contributed by atoms with E-state index < -0.39 is 0 Å². The van der Waals surface area contributed by atoms with E-state index in [-0.39, 0.29) is 30.9 Å². The molecule has 0 bridgehead atoms. The summed E-state index contributed by atoms with van der Waals surface area (Å²) in [4.78, 5) is 27.8. The number of nitrogens with zero attached hydrogens (tertiary/aromatic N) is 6. The van der Waals surface area contributed by atoms with Gasteiger partial charge in [0.1, 0.15) is 0 Å². The topological polar surface area (TPSA) is 77.3 Å². The number of pyridine rings is 3. The molecule has 312 valence electrons. The Kier molecular flexibility index (Phi) is 15.5. The maximum atomic E-state index is 4.90. The SMILES string of the molecule is CC(C)(C)c1ccc(-c2nc(-c3ccc(C(C)(C)C)cc3)nc(-c3ccc(-c4[c-]cccc4)nc3)n2)cc1.[Ir+3].[c-]1ccccc1-c1ccccn1.[c-]1ccccc1-c1ccccn1. The summed E-state index contributed by atoms with van der Waals surface area (Å²) in [6.07, 6.45) is 5.40. The van der Waals surface area contributed by atoms with E-state index in [1.807, 2.05) is 128 Å². The third-order valence-electron chi connectivity index (χ3n) is 9.96. The van der Waals surface area contributed by atoms with Crippen LogP contribution in [0.5, 0.6) is 0 Å². The molecule has 0 aliphatic heterocycles. The predicted molar refractivity (Wildman–Crippen MR) is 253 cm³/mol. The molecule has 0 spiro atoms. The first kappa shape index (κ1) is 45.7. The largest absolute Gasteiger partial charge is 3.00 e. The van der Waals surface area contributed by atoms with Gasteiger partial charge in [0.2, 0.25) is 0 Å². The summed E-state index contributed by atoms with van der Waals surface area (Å²) in [5, 5.41) is 0. The standard InChI is InChI=1S/C34H33N4.2C11H8N.Ir/c1-33(2,3)27-17-12-24(13-18-27)30-36-31(25-14-19-28(20-15-25)34(4,5)6)38-32(37-30)26-16-21-29(35-22-26)23-10-8-7-9-11-23;2*1-2-6-10(7-3-1)11-8-4-5-9-12-11;/h7-10,12-22H,1-6H3;2*1-6,8-9H;/q3*-1;+3. The quantitative estimate of drug-likeness (QED) is 0.155. The minimum atomic E-state index is 0. The molecule has 5 aromatic carbocycles. The van der Waals surface area contributed by atoms with Gasteiger partial charge < -0.3 is 15.0 Å². The van der Waals surface area contributed by atoms with Crippen LogP contribution in [0, 0.1) is 18.2 Å². The van der Waals surface area contributed by atoms with Crippen molar-refractivity contribution in [2.75, 3.05) is 0 Å². The van der Waals surface area contributed by atoms with E-state index in [2.05, 4.69) is 123 Å². The van der Waals surface area contributed by atoms with Crippen LogP contribution in [0.15, 0.2) is 188 Å². The van der Waals surface area contributed by atoms with Gasteiger partial charge in [0.15, 0.2) is 17.5 Å². The molecule has 7 heteroatoms. The zero-order chi connectivity index (χ0) is 43.4. The van der Waals surface area contributed by atoms with Gasteiger partial charge in [-0.2, -0.15) is 0 Å². The van der Waals surface area contributed by atoms with Gasteiger partial charge in [-0.15, -0.1) is 108 Å². The summed E-state index contributed by atoms with van der Waals surface area (Å²) in [6, 6.07) is 65.7. The van der Waals surface area contributed by atoms with Gasteiger partial charge in [0.25, 0.3) is 0 Å². The van der Waals surface area contributed by atoms with Crippen LogP contribution in [0.2, 0.25) is 0 Å². The van der Waals surface area contributed by atoms with Crippen LogP contribution in [-0.2, 0) is 30.9 Å². The Labute approximate surface area is 386 Å². The minimum Gasteiger partial charge on any atom is -0.305 e. The average molecular weight is 998 g/mol. The zero-order valence-electron chi connectivity index (χ0n) is 36.4. The van der Waals surface area contributed by atoms with Gasteiger partial charge >= 0.3 is 20.1 Å². The van der Waals surface area contributed by atoms with E-state index in [9.17, 15) is 0 Å². The van der Waals surface area contributed by atoms with Crippen molar-refractivity contribution < 1.29 is 20.1 Å². The van der Waals surface area contributed by atoms with Crippen LogP contribution in [0.25, 0.3) is 67.9 Å². The smallest absolute Gasteiger partial charge is 0.305 e. The second kappa shape index (κ2) is 21.3. The third-order valence-corrected chi connectivity index (χ3v) is 9.96. The fourth-order valence-corrected chi connectivity index (χ4v) is 6.39. The van der Waals surface area contributed by atoms with Crippen LogP contribution in [0.4, 0.5) is 0 Å². The first-order valence-corrected chi connectivity index (χ1v) is 20.7. The molecule has 0 fully saturated rings. The fourth-order valence-electron chi connectivity index (χ4n) is 6.39. The first-order valence-electron chi connectivity index (χ1n) is 20.7. The number of hydrogen-bond donors (Lipinski definition) is 0. The molecule has 9 aromatic rings. The van der Waals surface area contributed by atoms with E-state index in [0.29, 0.717) is 17.5 Å². The molecule has 0 saturated carbocycles. The van der Waals surface area contributed by atoms with E-state index in [1.165, 1.54) is 11.1 Å². The Bertz CT molecular complexity index is 2510. The number of benzene rings is 5. The Hall–Kier alpha value is -6.79. The molecule has 0 amide bonds. The maximum absolute atomic E-state index is 4.90. The second-order valence-electron chi connectivity index (χ2n) is 16.7. The zero-order valence-corrected chi connectivity index (χ0v) is 38.8. The van der Waals surface area contributed by atoms with Gasteiger partial charge in [-0.25, -0.2) is 15.0 Å². The van der Waals surface area contributed by atoms with E-state index in [4.69, 9.17) is 15.0 Å². The molecule has 0 unspecified atom stereocenters. The van der Waals surface area contributed by atoms with E-state index in [1.54, 1.807) is 12.4 Å². The minimum absolute atomic E-state index is 0. The molecule has 6 nitrogen and oxygen atoms in total. The monoisotopic (exact) mass is 998 g/mol. The van der Waals surface area contributed by atoms with Crippen LogP contribution >= 0.6 is 0 Å². The summed E-state index contributed by atoms with van der Waals surface area (Å²) in [5.41, 5.74) is 11.3. The van der Waals surface area contributed by atoms with E-state index in [0.717, 1.165) is 50.5 Å². The molecular formula is C56H49IrN6. The van der Waals surface area contributed by atoms with Crippen LogP contribution in [-0.4, -0.2) is 29.9 Å². The molecule has 63 heavy (non-hydrogen) atoms. The van der Waals surface area contributed by atoms with Crippen LogP contribution in [0.1, 0.15) is 52.7 Å². The Balaban J connectivity index is 0.000000213. The molecular weight excluding hydrogens is 949 g/mol. The third kappa shape index (κ3) is 12.6. The Morgan fingerprint density at radius 2 is 0.698 bits per heavy atom. The van der Waals surface area contributed by atoms with Gasteiger partial charge in [-0.1, -0.05) is 126 Å². The first-order chi connectivity index (χ1) is 30.0. The van der Waals surface area contributed by atoms with Crippen molar-refractivity contribution in [2.24, 2.45) is 0 Å². The summed E-state index contributed by atoms with van der Waals surface area (Å²) in [6.45, 7) is 13.3. The van der Waals surface area contributed by atoms with Crippen LogP contribution in [0.3, 0.4) is 0 Å². The molecule has 9 rings (SSSR count). The number of rotatable bonds is 6. The van der Waals surface area contributed by atoms with Gasteiger partial charge in [0, 0.05) is 35.3 Å². The molecule has 0 aliphatic carbocycles. The second-order valence-corrected chi connectivity index (χ2v) is 16.7. The molecule has 0 radical (unpaired) electrons. The Morgan fingerprint density at radius 3 is 1.00 bits per heavy atom. The molecule has 4 aromatic heterocycles. The van der Waals surface area contributed by atoms with Gasteiger partial charge in [-0.05, 0) is 51.2 Å². The van der Waals surface area contributed by atoms with Gasteiger partial charge in [-0.3, -0.25) is 0 Å². The summed E-state index contributed by atoms with van der Waals surface area (Å²) in [7, 11) is 0. The van der Waals surface area contributed by atoms with Crippen molar-refractivity contribution in [2.45, 2.75) is 52.4 Å². The van der Waals surface area contributed by atoms with Crippen molar-refractivity contribution >= 4 is 0 Å². The predicted octanol–water partition coefficient (Wildman–Crippen LogP) is 13.4. The summed E-state index contributed by atoms with van der Waals surface area (Å²) < 4.78 is 0. The number of hydrogen-bond acceptors (Lipinski definition) is 6. The Morgan fingerprint density at radius 1 is 0.349 bits per heavy atom. The van der Waals surface area contributed by atoms with Crippen molar-refractivity contribution in [1.29, 1.82) is 0 Å². The molecule has 0 atom stereocenters. The summed E-state index contributed by atoms with van der Waals surface area (Å²) in [5.74, 6) is 1.89. The maximum Gasteiger partial charge on any atom is 3.00 e. The van der Waals surface area contributed by atoms with Crippen molar-refractivity contribution in [1.82, 2.24) is 29.9 Å². The van der Waals surface area contributed by atoms with E-state index >= 15 is 0 Å². The van der Waals surface area contributed by atoms with Crippen molar-refractivity contribution in [3.8, 4) is 67.9 Å². The van der Waals surface area contributed by atoms with Gasteiger partial charge in [0.05, 0.1) is 0 Å².